The Balaban J connectivity index is 2.01. The highest BCUT2D eigenvalue weighted by Crippen LogP contribution is 2.22. The number of anilines is 1. The van der Waals surface area contributed by atoms with E-state index in [9.17, 15) is 4.79 Å². The van der Waals surface area contributed by atoms with Crippen LogP contribution >= 0.6 is 0 Å². The molecule has 3 aromatic rings. The predicted octanol–water partition coefficient (Wildman–Crippen LogP) is 3.44. The first-order valence-corrected chi connectivity index (χ1v) is 8.02. The van der Waals surface area contributed by atoms with Crippen molar-refractivity contribution in [1.82, 2.24) is 9.88 Å². The van der Waals surface area contributed by atoms with E-state index in [-0.39, 0.29) is 5.91 Å². The van der Waals surface area contributed by atoms with Gasteiger partial charge in [0.2, 0.25) is 0 Å². The van der Waals surface area contributed by atoms with E-state index in [2.05, 4.69) is 9.88 Å². The zero-order chi connectivity index (χ0) is 16.9. The third kappa shape index (κ3) is 3.44. The Morgan fingerprint density at radius 3 is 2.46 bits per heavy atom. The van der Waals surface area contributed by atoms with Crippen LogP contribution in [0.5, 0.6) is 0 Å². The molecule has 2 aromatic carbocycles. The lowest BCUT2D eigenvalue weighted by Crippen LogP contribution is -2.36. The molecule has 1 aromatic heterocycles. The van der Waals surface area contributed by atoms with Gasteiger partial charge in [0.15, 0.2) is 0 Å². The SMILES string of the molecule is CN(C)CCN(C(=O)c1cccc2ncccc12)c1ccccc1. The summed E-state index contributed by atoms with van der Waals surface area (Å²) in [5.41, 5.74) is 2.43. The second-order valence-electron chi connectivity index (χ2n) is 5.97. The molecule has 1 amide bonds. The molecule has 1 heterocycles. The molecule has 24 heavy (non-hydrogen) atoms. The molecule has 0 atom stereocenters. The molecule has 4 nitrogen and oxygen atoms in total. The van der Waals surface area contributed by atoms with Crippen LogP contribution in [0.3, 0.4) is 0 Å². The number of hydrogen-bond donors (Lipinski definition) is 0. The summed E-state index contributed by atoms with van der Waals surface area (Å²) in [5, 5.41) is 0.885. The fourth-order valence-electron chi connectivity index (χ4n) is 2.69. The maximum Gasteiger partial charge on any atom is 0.259 e. The molecule has 0 saturated carbocycles. The number of benzene rings is 2. The van der Waals surface area contributed by atoms with Gasteiger partial charge in [0.1, 0.15) is 0 Å². The van der Waals surface area contributed by atoms with E-state index in [1.807, 2.05) is 79.7 Å². The van der Waals surface area contributed by atoms with Crippen LogP contribution in [0.25, 0.3) is 10.9 Å². The number of hydrogen-bond acceptors (Lipinski definition) is 3. The number of nitrogens with zero attached hydrogens (tertiary/aromatic N) is 3. The van der Waals surface area contributed by atoms with E-state index in [1.54, 1.807) is 6.20 Å². The lowest BCUT2D eigenvalue weighted by molar-refractivity contribution is 0.0987. The molecule has 3 rings (SSSR count). The van der Waals surface area contributed by atoms with Crippen molar-refractivity contribution < 1.29 is 4.79 Å². The molecule has 0 spiro atoms. The minimum atomic E-state index is 0.00153. The zero-order valence-electron chi connectivity index (χ0n) is 14.0. The number of para-hydroxylation sites is 1. The molecular formula is C20H21N3O. The summed E-state index contributed by atoms with van der Waals surface area (Å²) in [4.78, 5) is 21.5. The van der Waals surface area contributed by atoms with Crippen molar-refractivity contribution in [3.63, 3.8) is 0 Å². The van der Waals surface area contributed by atoms with Crippen LogP contribution in [0.2, 0.25) is 0 Å². The number of carbonyl (C=O) groups is 1. The first-order valence-electron chi connectivity index (χ1n) is 8.02. The molecular weight excluding hydrogens is 298 g/mol. The molecule has 0 fully saturated rings. The topological polar surface area (TPSA) is 36.4 Å². The number of pyridine rings is 1. The van der Waals surface area contributed by atoms with Gasteiger partial charge < -0.3 is 9.80 Å². The molecule has 0 radical (unpaired) electrons. The summed E-state index contributed by atoms with van der Waals surface area (Å²) >= 11 is 0. The highest BCUT2D eigenvalue weighted by Gasteiger charge is 2.19. The standard InChI is InChI=1S/C20H21N3O/c1-22(2)14-15-23(16-8-4-3-5-9-16)20(24)18-10-6-12-19-17(18)11-7-13-21-19/h3-13H,14-15H2,1-2H3. The van der Waals surface area contributed by atoms with Gasteiger partial charge in [-0.3, -0.25) is 9.78 Å². The van der Waals surface area contributed by atoms with E-state index >= 15 is 0 Å². The van der Waals surface area contributed by atoms with Crippen molar-refractivity contribution in [3.05, 3.63) is 72.4 Å². The smallest absolute Gasteiger partial charge is 0.259 e. The number of amides is 1. The second kappa shape index (κ2) is 7.23. The number of carbonyl (C=O) groups excluding carboxylic acids is 1. The summed E-state index contributed by atoms with van der Waals surface area (Å²) in [6, 6.07) is 19.3. The van der Waals surface area contributed by atoms with Crippen LogP contribution in [0, 0.1) is 0 Å². The van der Waals surface area contributed by atoms with Gasteiger partial charge >= 0.3 is 0 Å². The van der Waals surface area contributed by atoms with Crippen molar-refractivity contribution in [2.45, 2.75) is 0 Å². The van der Waals surface area contributed by atoms with E-state index in [1.165, 1.54) is 0 Å². The third-order valence-electron chi connectivity index (χ3n) is 3.96. The Morgan fingerprint density at radius 2 is 1.71 bits per heavy atom. The summed E-state index contributed by atoms with van der Waals surface area (Å²) in [6.07, 6.45) is 1.75. The summed E-state index contributed by atoms with van der Waals surface area (Å²) in [6.45, 7) is 1.43. The van der Waals surface area contributed by atoms with Crippen LogP contribution in [0.1, 0.15) is 10.4 Å². The van der Waals surface area contributed by atoms with Gasteiger partial charge in [-0.15, -0.1) is 0 Å². The van der Waals surface area contributed by atoms with Crippen LogP contribution in [-0.4, -0.2) is 43.0 Å². The van der Waals surface area contributed by atoms with E-state index < -0.39 is 0 Å². The van der Waals surface area contributed by atoms with Crippen molar-refractivity contribution in [1.29, 1.82) is 0 Å². The molecule has 0 aliphatic heterocycles. The van der Waals surface area contributed by atoms with Crippen molar-refractivity contribution in [2.75, 3.05) is 32.1 Å². The summed E-state index contributed by atoms with van der Waals surface area (Å²) in [7, 11) is 4.02. The van der Waals surface area contributed by atoms with Crippen molar-refractivity contribution in [3.8, 4) is 0 Å². The van der Waals surface area contributed by atoms with E-state index in [0.29, 0.717) is 12.1 Å². The number of likely N-dealkylation sites (N-methyl/N-ethyl adjacent to an activating group) is 1. The van der Waals surface area contributed by atoms with Gasteiger partial charge in [-0.1, -0.05) is 30.3 Å². The Morgan fingerprint density at radius 1 is 0.917 bits per heavy atom. The minimum Gasteiger partial charge on any atom is -0.308 e. The lowest BCUT2D eigenvalue weighted by atomic mass is 10.1. The Hall–Kier alpha value is -2.72. The molecule has 0 aliphatic carbocycles. The highest BCUT2D eigenvalue weighted by atomic mass is 16.2. The maximum absolute atomic E-state index is 13.3. The maximum atomic E-state index is 13.3. The zero-order valence-corrected chi connectivity index (χ0v) is 14.0. The van der Waals surface area contributed by atoms with Crippen LogP contribution < -0.4 is 4.90 Å². The average Bonchev–Trinajstić information content (AvgIpc) is 2.62. The van der Waals surface area contributed by atoms with E-state index in [4.69, 9.17) is 0 Å². The number of aromatic nitrogens is 1. The predicted molar refractivity (Wildman–Crippen MR) is 98.4 cm³/mol. The van der Waals surface area contributed by atoms with Crippen molar-refractivity contribution >= 4 is 22.5 Å². The second-order valence-corrected chi connectivity index (χ2v) is 5.97. The Labute approximate surface area is 142 Å². The molecule has 0 bridgehead atoms. The number of rotatable bonds is 5. The highest BCUT2D eigenvalue weighted by molar-refractivity contribution is 6.13. The Kier molecular flexibility index (Phi) is 4.87. The fraction of sp³-hybridized carbons (Fsp3) is 0.200. The molecule has 122 valence electrons. The first kappa shape index (κ1) is 16.1. The first-order chi connectivity index (χ1) is 11.7. The number of fused-ring (bicyclic) bond motifs is 1. The molecule has 0 unspecified atom stereocenters. The van der Waals surface area contributed by atoms with Gasteiger partial charge in [0, 0.05) is 35.9 Å². The normalized spacial score (nSPS) is 11.0. The van der Waals surface area contributed by atoms with Gasteiger partial charge in [-0.05, 0) is 44.4 Å². The monoisotopic (exact) mass is 319 g/mol. The van der Waals surface area contributed by atoms with Gasteiger partial charge in [0.25, 0.3) is 5.91 Å². The van der Waals surface area contributed by atoms with Gasteiger partial charge in [0.05, 0.1) is 5.52 Å². The van der Waals surface area contributed by atoms with Gasteiger partial charge in [-0.25, -0.2) is 0 Å². The minimum absolute atomic E-state index is 0.00153. The van der Waals surface area contributed by atoms with Crippen LogP contribution in [0.15, 0.2) is 66.9 Å². The molecule has 0 saturated heterocycles. The van der Waals surface area contributed by atoms with Crippen molar-refractivity contribution in [2.24, 2.45) is 0 Å². The molecule has 4 heteroatoms. The largest absolute Gasteiger partial charge is 0.308 e. The summed E-state index contributed by atoms with van der Waals surface area (Å²) < 4.78 is 0. The fourth-order valence-corrected chi connectivity index (χ4v) is 2.69. The lowest BCUT2D eigenvalue weighted by Gasteiger charge is -2.25. The third-order valence-corrected chi connectivity index (χ3v) is 3.96. The summed E-state index contributed by atoms with van der Waals surface area (Å²) in [5.74, 6) is 0.00153. The average molecular weight is 319 g/mol. The van der Waals surface area contributed by atoms with Gasteiger partial charge in [-0.2, -0.15) is 0 Å². The Bertz CT molecular complexity index is 825. The molecule has 0 N–H and O–H groups in total. The quantitative estimate of drug-likeness (QED) is 0.723. The van der Waals surface area contributed by atoms with E-state index in [0.717, 1.165) is 23.1 Å². The molecule has 0 aliphatic rings. The van der Waals surface area contributed by atoms with Crippen LogP contribution in [0.4, 0.5) is 5.69 Å². The van der Waals surface area contributed by atoms with Crippen LogP contribution in [-0.2, 0) is 0 Å².